The second-order valence-electron chi connectivity index (χ2n) is 6.21. The molecule has 0 unspecified atom stereocenters. The van der Waals surface area contributed by atoms with Crippen LogP contribution in [0.3, 0.4) is 0 Å². The van der Waals surface area contributed by atoms with Gasteiger partial charge in [0.2, 0.25) is 0 Å². The Morgan fingerprint density at radius 3 is 2.71 bits per heavy atom. The molecule has 1 heterocycles. The minimum atomic E-state index is 0.127. The highest BCUT2D eigenvalue weighted by Crippen LogP contribution is 2.41. The first-order valence-corrected chi connectivity index (χ1v) is 6.74. The Morgan fingerprint density at radius 1 is 1.35 bits per heavy atom. The molecule has 0 aromatic heterocycles. The third-order valence-electron chi connectivity index (χ3n) is 3.80. The third-order valence-corrected chi connectivity index (χ3v) is 3.99. The fourth-order valence-electron chi connectivity index (χ4n) is 2.32. The maximum absolute atomic E-state index is 5.88. The van der Waals surface area contributed by atoms with Gasteiger partial charge in [-0.05, 0) is 23.5 Å². The highest BCUT2D eigenvalue weighted by Gasteiger charge is 2.33. The zero-order valence-electron chi connectivity index (χ0n) is 11.1. The first-order valence-electron chi connectivity index (χ1n) is 6.21. The number of ether oxygens (including phenoxy) is 1. The van der Waals surface area contributed by atoms with E-state index in [1.54, 1.807) is 0 Å². The Morgan fingerprint density at radius 2 is 2.06 bits per heavy atom. The van der Waals surface area contributed by atoms with Crippen LogP contribution < -0.4 is 4.74 Å². The number of benzene rings is 1. The van der Waals surface area contributed by atoms with Gasteiger partial charge in [0, 0.05) is 16.9 Å². The Kier molecular flexibility index (Phi) is 3.15. The number of fused-ring (bicyclic) bond motifs is 1. The van der Waals surface area contributed by atoms with Gasteiger partial charge >= 0.3 is 0 Å². The van der Waals surface area contributed by atoms with Crippen LogP contribution in [-0.2, 0) is 10.8 Å². The summed E-state index contributed by atoms with van der Waals surface area (Å²) in [5.74, 6) is 1.74. The predicted octanol–water partition coefficient (Wildman–Crippen LogP) is 4.26. The maximum atomic E-state index is 5.88. The van der Waals surface area contributed by atoms with Gasteiger partial charge in [0.15, 0.2) is 0 Å². The number of alkyl halides is 1. The van der Waals surface area contributed by atoms with Gasteiger partial charge in [-0.1, -0.05) is 39.8 Å². The van der Waals surface area contributed by atoms with Gasteiger partial charge in [0.05, 0.1) is 6.61 Å². The summed E-state index contributed by atoms with van der Waals surface area (Å²) in [4.78, 5) is 0. The van der Waals surface area contributed by atoms with E-state index in [2.05, 4.69) is 45.9 Å². The van der Waals surface area contributed by atoms with Crippen molar-refractivity contribution in [3.05, 3.63) is 29.3 Å². The average molecular weight is 253 g/mol. The summed E-state index contributed by atoms with van der Waals surface area (Å²) < 4.78 is 5.72. The molecule has 1 aromatic rings. The van der Waals surface area contributed by atoms with Crippen LogP contribution in [0.2, 0.25) is 0 Å². The van der Waals surface area contributed by atoms with Gasteiger partial charge in [0.25, 0.3) is 0 Å². The summed E-state index contributed by atoms with van der Waals surface area (Å²) >= 11 is 5.88. The summed E-state index contributed by atoms with van der Waals surface area (Å²) in [5.41, 5.74) is 2.95. The maximum Gasteiger partial charge on any atom is 0.123 e. The monoisotopic (exact) mass is 252 g/mol. The van der Waals surface area contributed by atoms with Crippen molar-refractivity contribution in [3.8, 4) is 5.75 Å². The van der Waals surface area contributed by atoms with Gasteiger partial charge in [-0.25, -0.2) is 0 Å². The molecule has 1 aliphatic heterocycles. The van der Waals surface area contributed by atoms with E-state index in [1.165, 1.54) is 11.1 Å². The predicted molar refractivity (Wildman–Crippen MR) is 73.3 cm³/mol. The standard InChI is InChI=1S/C15H21ClO/c1-14(2,7-8-16)11-5-6-13-12(9-11)15(3,4)10-17-13/h5-6,9H,7-8,10H2,1-4H3. The van der Waals surface area contributed by atoms with Crippen molar-refractivity contribution in [1.82, 2.24) is 0 Å². The molecule has 0 aliphatic carbocycles. The van der Waals surface area contributed by atoms with Gasteiger partial charge in [-0.2, -0.15) is 0 Å². The average Bonchev–Trinajstić information content (AvgIpc) is 2.55. The fraction of sp³-hybridized carbons (Fsp3) is 0.600. The second-order valence-corrected chi connectivity index (χ2v) is 6.58. The summed E-state index contributed by atoms with van der Waals surface area (Å²) in [6, 6.07) is 6.58. The molecule has 2 heteroatoms. The van der Waals surface area contributed by atoms with Crippen LogP contribution in [0.4, 0.5) is 0 Å². The lowest BCUT2D eigenvalue weighted by atomic mass is 9.78. The normalized spacial score (nSPS) is 17.7. The molecule has 0 radical (unpaired) electrons. The van der Waals surface area contributed by atoms with Crippen LogP contribution >= 0.6 is 11.6 Å². The molecule has 0 atom stereocenters. The molecule has 2 rings (SSSR count). The molecule has 0 amide bonds. The quantitative estimate of drug-likeness (QED) is 0.731. The van der Waals surface area contributed by atoms with E-state index < -0.39 is 0 Å². The van der Waals surface area contributed by atoms with Gasteiger partial charge in [0.1, 0.15) is 5.75 Å². The SMILES string of the molecule is CC(C)(CCCl)c1ccc2c(c1)C(C)(C)CO2. The van der Waals surface area contributed by atoms with E-state index in [-0.39, 0.29) is 10.8 Å². The Bertz CT molecular complexity index is 421. The van der Waals surface area contributed by atoms with Crippen molar-refractivity contribution in [1.29, 1.82) is 0 Å². The Labute approximate surface area is 109 Å². The molecule has 0 saturated carbocycles. The molecular formula is C15H21ClO. The smallest absolute Gasteiger partial charge is 0.123 e. The van der Waals surface area contributed by atoms with Crippen LogP contribution in [0.15, 0.2) is 18.2 Å². The number of hydrogen-bond acceptors (Lipinski definition) is 1. The summed E-state index contributed by atoms with van der Waals surface area (Å²) in [6.07, 6.45) is 0.995. The molecule has 1 aliphatic rings. The van der Waals surface area contributed by atoms with Crippen molar-refractivity contribution in [2.45, 2.75) is 44.9 Å². The lowest BCUT2D eigenvalue weighted by molar-refractivity contribution is 0.291. The lowest BCUT2D eigenvalue weighted by Gasteiger charge is -2.26. The second kappa shape index (κ2) is 4.20. The third kappa shape index (κ3) is 2.30. The van der Waals surface area contributed by atoms with Crippen molar-refractivity contribution in [3.63, 3.8) is 0 Å². The molecule has 17 heavy (non-hydrogen) atoms. The Balaban J connectivity index is 2.40. The zero-order chi connectivity index (χ0) is 12.7. The van der Waals surface area contributed by atoms with Crippen LogP contribution in [0, 0.1) is 0 Å². The molecular weight excluding hydrogens is 232 g/mol. The van der Waals surface area contributed by atoms with E-state index >= 15 is 0 Å². The van der Waals surface area contributed by atoms with E-state index in [4.69, 9.17) is 16.3 Å². The van der Waals surface area contributed by atoms with Crippen molar-refractivity contribution < 1.29 is 4.74 Å². The van der Waals surface area contributed by atoms with E-state index in [0.717, 1.165) is 18.8 Å². The summed E-state index contributed by atoms with van der Waals surface area (Å²) in [7, 11) is 0. The number of rotatable bonds is 3. The largest absolute Gasteiger partial charge is 0.492 e. The van der Waals surface area contributed by atoms with Crippen LogP contribution in [0.25, 0.3) is 0 Å². The zero-order valence-corrected chi connectivity index (χ0v) is 11.9. The van der Waals surface area contributed by atoms with E-state index in [1.807, 2.05) is 0 Å². The van der Waals surface area contributed by atoms with Crippen LogP contribution in [-0.4, -0.2) is 12.5 Å². The van der Waals surface area contributed by atoms with Gasteiger partial charge in [-0.15, -0.1) is 11.6 Å². The van der Waals surface area contributed by atoms with Gasteiger partial charge < -0.3 is 4.74 Å². The molecule has 0 fully saturated rings. The van der Waals surface area contributed by atoms with Crippen molar-refractivity contribution in [2.75, 3.05) is 12.5 Å². The highest BCUT2D eigenvalue weighted by atomic mass is 35.5. The molecule has 0 bridgehead atoms. The molecule has 1 nitrogen and oxygen atoms in total. The minimum absolute atomic E-state index is 0.127. The highest BCUT2D eigenvalue weighted by molar-refractivity contribution is 6.17. The lowest BCUT2D eigenvalue weighted by Crippen LogP contribution is -2.21. The van der Waals surface area contributed by atoms with E-state index in [0.29, 0.717) is 5.88 Å². The van der Waals surface area contributed by atoms with Crippen LogP contribution in [0.1, 0.15) is 45.2 Å². The molecule has 0 spiro atoms. The molecule has 0 saturated heterocycles. The molecule has 1 aromatic carbocycles. The van der Waals surface area contributed by atoms with Crippen molar-refractivity contribution in [2.24, 2.45) is 0 Å². The molecule has 0 N–H and O–H groups in total. The first-order chi connectivity index (χ1) is 7.87. The Hall–Kier alpha value is -0.690. The van der Waals surface area contributed by atoms with Crippen LogP contribution in [0.5, 0.6) is 5.75 Å². The fourth-order valence-corrected chi connectivity index (χ4v) is 2.79. The number of halogens is 1. The van der Waals surface area contributed by atoms with E-state index in [9.17, 15) is 0 Å². The summed E-state index contributed by atoms with van der Waals surface area (Å²) in [5, 5.41) is 0. The minimum Gasteiger partial charge on any atom is -0.492 e. The topological polar surface area (TPSA) is 9.23 Å². The van der Waals surface area contributed by atoms with Crippen molar-refractivity contribution >= 4 is 11.6 Å². The molecule has 94 valence electrons. The summed E-state index contributed by atoms with van der Waals surface area (Å²) in [6.45, 7) is 9.75. The van der Waals surface area contributed by atoms with Gasteiger partial charge in [-0.3, -0.25) is 0 Å². The number of hydrogen-bond donors (Lipinski definition) is 0. The first kappa shape index (κ1) is 12.8.